The Bertz CT molecular complexity index is 465. The fourth-order valence-corrected chi connectivity index (χ4v) is 2.26. The lowest BCUT2D eigenvalue weighted by molar-refractivity contribution is -0.177. The van der Waals surface area contributed by atoms with Crippen LogP contribution in [0.15, 0.2) is 0 Å². The zero-order valence-electron chi connectivity index (χ0n) is 11.0. The predicted molar refractivity (Wildman–Crippen MR) is 66.8 cm³/mol. The van der Waals surface area contributed by atoms with Gasteiger partial charge in [0, 0.05) is 11.3 Å². The van der Waals surface area contributed by atoms with Crippen molar-refractivity contribution in [1.82, 2.24) is 9.97 Å². The van der Waals surface area contributed by atoms with E-state index in [-0.39, 0.29) is 12.4 Å². The molecule has 0 amide bonds. The van der Waals surface area contributed by atoms with Gasteiger partial charge in [-0.05, 0) is 25.7 Å². The Morgan fingerprint density at radius 3 is 2.60 bits per heavy atom. The molecule has 0 atom stereocenters. The molecule has 0 aliphatic heterocycles. The summed E-state index contributed by atoms with van der Waals surface area (Å²) in [4.78, 5) is 8.43. The zero-order chi connectivity index (χ0) is 14.6. The van der Waals surface area contributed by atoms with Crippen LogP contribution in [0.1, 0.15) is 36.3 Å². The summed E-state index contributed by atoms with van der Waals surface area (Å²) in [5.41, 5.74) is 4.32. The molecule has 0 fully saturated rings. The minimum Gasteiger partial charge on any atom is -0.364 e. The van der Waals surface area contributed by atoms with Gasteiger partial charge in [-0.3, -0.25) is 0 Å². The van der Waals surface area contributed by atoms with Crippen LogP contribution in [0.4, 0.5) is 19.0 Å². The van der Waals surface area contributed by atoms with Crippen LogP contribution < -0.4 is 11.3 Å². The van der Waals surface area contributed by atoms with E-state index in [4.69, 9.17) is 5.84 Å². The van der Waals surface area contributed by atoms with Gasteiger partial charge in [-0.15, -0.1) is 0 Å². The summed E-state index contributed by atoms with van der Waals surface area (Å²) in [5, 5.41) is 0. The molecule has 1 aromatic heterocycles. The molecule has 0 spiro atoms. The topological polar surface area (TPSA) is 73.1 Å². The number of nitrogen functional groups attached to an aromatic ring is 1. The Morgan fingerprint density at radius 2 is 1.90 bits per heavy atom. The number of alkyl halides is 3. The minimum absolute atomic E-state index is 0.225. The highest BCUT2D eigenvalue weighted by Gasteiger charge is 2.27. The summed E-state index contributed by atoms with van der Waals surface area (Å²) < 4.78 is 40.7. The summed E-state index contributed by atoms with van der Waals surface area (Å²) >= 11 is 0. The predicted octanol–water partition coefficient (Wildman–Crippen LogP) is 2.11. The third-order valence-electron chi connectivity index (χ3n) is 3.11. The molecular weight excluding hydrogens is 273 g/mol. The molecule has 2 rings (SSSR count). The standard InChI is InChI=1S/C12H17F3N4O/c13-12(14,15)7-20-6-10-17-9-5-3-1-2-4-8(9)11(18-10)19-16/h1-7,16H2,(H,17,18,19). The second-order valence-corrected chi connectivity index (χ2v) is 4.73. The highest BCUT2D eigenvalue weighted by atomic mass is 19.4. The van der Waals surface area contributed by atoms with Gasteiger partial charge >= 0.3 is 6.18 Å². The maximum absolute atomic E-state index is 12.0. The first-order chi connectivity index (χ1) is 9.49. The normalized spacial score (nSPS) is 15.6. The second-order valence-electron chi connectivity index (χ2n) is 4.73. The van der Waals surface area contributed by atoms with Crippen LogP contribution >= 0.6 is 0 Å². The van der Waals surface area contributed by atoms with E-state index in [9.17, 15) is 13.2 Å². The first kappa shape index (κ1) is 15.0. The molecule has 0 unspecified atom stereocenters. The van der Waals surface area contributed by atoms with Crippen molar-refractivity contribution in [1.29, 1.82) is 0 Å². The summed E-state index contributed by atoms with van der Waals surface area (Å²) in [5.74, 6) is 6.14. The number of halogens is 3. The van der Waals surface area contributed by atoms with E-state index < -0.39 is 12.8 Å². The number of anilines is 1. The number of hydrogen-bond donors (Lipinski definition) is 2. The molecule has 3 N–H and O–H groups in total. The van der Waals surface area contributed by atoms with Crippen LogP contribution in [0, 0.1) is 0 Å². The molecule has 0 radical (unpaired) electrons. The Kier molecular flexibility index (Phi) is 4.77. The van der Waals surface area contributed by atoms with Crippen LogP contribution in [0.5, 0.6) is 0 Å². The van der Waals surface area contributed by atoms with Crippen LogP contribution in [-0.4, -0.2) is 22.8 Å². The monoisotopic (exact) mass is 290 g/mol. The first-order valence-corrected chi connectivity index (χ1v) is 6.49. The highest BCUT2D eigenvalue weighted by molar-refractivity contribution is 5.46. The van der Waals surface area contributed by atoms with Crippen molar-refractivity contribution in [3.8, 4) is 0 Å². The van der Waals surface area contributed by atoms with Gasteiger partial charge in [-0.1, -0.05) is 6.42 Å². The lowest BCUT2D eigenvalue weighted by Crippen LogP contribution is -2.19. The molecule has 5 nitrogen and oxygen atoms in total. The molecule has 0 aromatic carbocycles. The SMILES string of the molecule is NNc1nc(COCC(F)(F)F)nc2c1CCCCC2. The minimum atomic E-state index is -4.35. The molecule has 20 heavy (non-hydrogen) atoms. The number of aromatic nitrogens is 2. The maximum Gasteiger partial charge on any atom is 0.411 e. The molecule has 1 aliphatic carbocycles. The van der Waals surface area contributed by atoms with Gasteiger partial charge in [-0.2, -0.15) is 13.2 Å². The zero-order valence-corrected chi connectivity index (χ0v) is 11.0. The maximum atomic E-state index is 12.0. The number of nitrogens with two attached hydrogens (primary N) is 1. The smallest absolute Gasteiger partial charge is 0.364 e. The lowest BCUT2D eigenvalue weighted by Gasteiger charge is -2.13. The molecular formula is C12H17F3N4O. The number of nitrogens with one attached hydrogen (secondary N) is 1. The number of nitrogens with zero attached hydrogens (tertiary/aromatic N) is 2. The quantitative estimate of drug-likeness (QED) is 0.505. The number of hydrogen-bond acceptors (Lipinski definition) is 5. The van der Waals surface area contributed by atoms with Gasteiger partial charge in [0.2, 0.25) is 0 Å². The van der Waals surface area contributed by atoms with E-state index in [0.29, 0.717) is 5.82 Å². The molecule has 1 aromatic rings. The molecule has 8 heteroatoms. The van der Waals surface area contributed by atoms with Crippen molar-refractivity contribution in [2.24, 2.45) is 5.84 Å². The van der Waals surface area contributed by atoms with E-state index in [2.05, 4.69) is 20.1 Å². The van der Waals surface area contributed by atoms with E-state index in [1.165, 1.54) is 0 Å². The van der Waals surface area contributed by atoms with Crippen LogP contribution in [0.3, 0.4) is 0 Å². The van der Waals surface area contributed by atoms with E-state index in [1.807, 2.05) is 0 Å². The molecule has 112 valence electrons. The number of ether oxygens (including phenoxy) is 1. The lowest BCUT2D eigenvalue weighted by atomic mass is 10.1. The van der Waals surface area contributed by atoms with E-state index >= 15 is 0 Å². The van der Waals surface area contributed by atoms with Crippen molar-refractivity contribution in [3.05, 3.63) is 17.1 Å². The number of fused-ring (bicyclic) bond motifs is 1. The average Bonchev–Trinajstić information content (AvgIpc) is 2.61. The Labute approximate surface area is 114 Å². The van der Waals surface area contributed by atoms with Gasteiger partial charge in [0.1, 0.15) is 19.0 Å². The van der Waals surface area contributed by atoms with Crippen LogP contribution in [0.25, 0.3) is 0 Å². The van der Waals surface area contributed by atoms with Crippen molar-refractivity contribution in [2.45, 2.75) is 44.9 Å². The van der Waals surface area contributed by atoms with Gasteiger partial charge in [0.25, 0.3) is 0 Å². The molecule has 0 saturated carbocycles. The Balaban J connectivity index is 2.12. The fraction of sp³-hybridized carbons (Fsp3) is 0.667. The fourth-order valence-electron chi connectivity index (χ4n) is 2.26. The molecule has 0 bridgehead atoms. The first-order valence-electron chi connectivity index (χ1n) is 6.49. The van der Waals surface area contributed by atoms with Gasteiger partial charge in [0.15, 0.2) is 5.82 Å². The Hall–Kier alpha value is -1.41. The molecule has 0 saturated heterocycles. The van der Waals surface area contributed by atoms with Crippen LogP contribution in [0.2, 0.25) is 0 Å². The summed E-state index contributed by atoms with van der Waals surface area (Å²) in [6.07, 6.45) is 0.421. The largest absolute Gasteiger partial charge is 0.411 e. The van der Waals surface area contributed by atoms with Gasteiger partial charge in [0.05, 0.1) is 0 Å². The molecule has 1 aliphatic rings. The van der Waals surface area contributed by atoms with Crippen molar-refractivity contribution < 1.29 is 17.9 Å². The van der Waals surface area contributed by atoms with Crippen LogP contribution in [-0.2, 0) is 24.2 Å². The van der Waals surface area contributed by atoms with Gasteiger partial charge < -0.3 is 10.2 Å². The average molecular weight is 290 g/mol. The molecule has 1 heterocycles. The Morgan fingerprint density at radius 1 is 1.15 bits per heavy atom. The van der Waals surface area contributed by atoms with E-state index in [1.54, 1.807) is 0 Å². The van der Waals surface area contributed by atoms with Crippen molar-refractivity contribution in [2.75, 3.05) is 12.0 Å². The van der Waals surface area contributed by atoms with Crippen molar-refractivity contribution in [3.63, 3.8) is 0 Å². The number of hydrazine groups is 1. The van der Waals surface area contributed by atoms with E-state index in [0.717, 1.165) is 43.4 Å². The third-order valence-corrected chi connectivity index (χ3v) is 3.11. The summed E-state index contributed by atoms with van der Waals surface area (Å²) in [6.45, 7) is -1.58. The summed E-state index contributed by atoms with van der Waals surface area (Å²) in [7, 11) is 0. The number of aryl methyl sites for hydroxylation is 1. The summed E-state index contributed by atoms with van der Waals surface area (Å²) in [6, 6.07) is 0. The highest BCUT2D eigenvalue weighted by Crippen LogP contribution is 2.24. The number of rotatable bonds is 4. The van der Waals surface area contributed by atoms with Gasteiger partial charge in [-0.25, -0.2) is 15.8 Å². The third kappa shape index (κ3) is 4.04. The van der Waals surface area contributed by atoms with Crippen molar-refractivity contribution >= 4 is 5.82 Å². The second kappa shape index (κ2) is 6.36.